The molecule has 0 radical (unpaired) electrons. The fraction of sp³-hybridized carbons (Fsp3) is 0.176. The lowest BCUT2D eigenvalue weighted by Gasteiger charge is -2.11. The summed E-state index contributed by atoms with van der Waals surface area (Å²) < 4.78 is 1.53. The molecule has 122 valence electrons. The van der Waals surface area contributed by atoms with E-state index in [-0.39, 0.29) is 11.5 Å². The van der Waals surface area contributed by atoms with Crippen LogP contribution in [0.2, 0.25) is 0 Å². The van der Waals surface area contributed by atoms with E-state index in [9.17, 15) is 9.59 Å². The number of rotatable bonds is 4. The SMILES string of the molecule is CCC(=O)Nc1cccc(-n2c(=O)ccc3cnc(SC)nc32)c1. The molecule has 0 aliphatic rings. The quantitative estimate of drug-likeness (QED) is 0.584. The van der Waals surface area contributed by atoms with Crippen LogP contribution < -0.4 is 10.9 Å². The summed E-state index contributed by atoms with van der Waals surface area (Å²) in [6, 6.07) is 10.3. The van der Waals surface area contributed by atoms with E-state index in [0.29, 0.717) is 28.6 Å². The summed E-state index contributed by atoms with van der Waals surface area (Å²) in [7, 11) is 0. The van der Waals surface area contributed by atoms with E-state index in [1.54, 1.807) is 37.4 Å². The van der Waals surface area contributed by atoms with Crippen molar-refractivity contribution >= 4 is 34.4 Å². The normalized spacial score (nSPS) is 10.8. The number of benzene rings is 1. The molecule has 1 amide bonds. The van der Waals surface area contributed by atoms with Gasteiger partial charge in [-0.2, -0.15) is 0 Å². The minimum atomic E-state index is -0.188. The van der Waals surface area contributed by atoms with Crippen LogP contribution in [0.4, 0.5) is 5.69 Å². The van der Waals surface area contributed by atoms with Gasteiger partial charge in [-0.05, 0) is 30.5 Å². The third-order valence-corrected chi connectivity index (χ3v) is 4.07. The lowest BCUT2D eigenvalue weighted by atomic mass is 10.2. The number of aromatic nitrogens is 3. The second-order valence-electron chi connectivity index (χ2n) is 5.09. The van der Waals surface area contributed by atoms with Crippen LogP contribution in [0.25, 0.3) is 16.7 Å². The Kier molecular flexibility index (Phi) is 4.61. The Labute approximate surface area is 142 Å². The molecule has 0 atom stereocenters. The molecule has 3 aromatic rings. The van der Waals surface area contributed by atoms with E-state index in [2.05, 4.69) is 15.3 Å². The van der Waals surface area contributed by atoms with Gasteiger partial charge in [-0.25, -0.2) is 9.97 Å². The summed E-state index contributed by atoms with van der Waals surface area (Å²) in [5.41, 5.74) is 1.64. The minimum absolute atomic E-state index is 0.0792. The number of hydrogen-bond donors (Lipinski definition) is 1. The van der Waals surface area contributed by atoms with Gasteiger partial charge in [-0.15, -0.1) is 0 Å². The summed E-state index contributed by atoms with van der Waals surface area (Å²) >= 11 is 1.41. The van der Waals surface area contributed by atoms with E-state index < -0.39 is 0 Å². The average molecular weight is 340 g/mol. The number of carbonyl (C=O) groups excluding carboxylic acids is 1. The highest BCUT2D eigenvalue weighted by Gasteiger charge is 2.09. The molecule has 24 heavy (non-hydrogen) atoms. The van der Waals surface area contributed by atoms with E-state index in [1.165, 1.54) is 22.4 Å². The van der Waals surface area contributed by atoms with Gasteiger partial charge < -0.3 is 5.32 Å². The monoisotopic (exact) mass is 340 g/mol. The van der Waals surface area contributed by atoms with Crippen LogP contribution in [-0.4, -0.2) is 26.7 Å². The Morgan fingerprint density at radius 3 is 2.88 bits per heavy atom. The van der Waals surface area contributed by atoms with Crippen molar-refractivity contribution in [2.24, 2.45) is 0 Å². The maximum absolute atomic E-state index is 12.4. The predicted molar refractivity (Wildman–Crippen MR) is 95.8 cm³/mol. The molecule has 6 nitrogen and oxygen atoms in total. The molecule has 1 aromatic carbocycles. The van der Waals surface area contributed by atoms with E-state index in [1.807, 2.05) is 12.3 Å². The summed E-state index contributed by atoms with van der Waals surface area (Å²) in [5.74, 6) is -0.0792. The van der Waals surface area contributed by atoms with Gasteiger partial charge in [0.25, 0.3) is 5.56 Å². The molecule has 3 rings (SSSR count). The van der Waals surface area contributed by atoms with Crippen molar-refractivity contribution in [1.29, 1.82) is 0 Å². The molecular formula is C17H16N4O2S. The predicted octanol–water partition coefficient (Wildman–Crippen LogP) is 2.85. The molecule has 1 N–H and O–H groups in total. The van der Waals surface area contributed by atoms with E-state index in [0.717, 1.165) is 5.39 Å². The molecule has 0 aliphatic heterocycles. The topological polar surface area (TPSA) is 76.9 Å². The van der Waals surface area contributed by atoms with Crippen molar-refractivity contribution < 1.29 is 4.79 Å². The van der Waals surface area contributed by atoms with Crippen LogP contribution in [0.15, 0.2) is 52.5 Å². The van der Waals surface area contributed by atoms with Crippen LogP contribution >= 0.6 is 11.8 Å². The van der Waals surface area contributed by atoms with Gasteiger partial charge in [-0.3, -0.25) is 14.2 Å². The lowest BCUT2D eigenvalue weighted by molar-refractivity contribution is -0.115. The standard InChI is InChI=1S/C17H16N4O2S/c1-3-14(22)19-12-5-4-6-13(9-12)21-15(23)8-7-11-10-18-17(24-2)20-16(11)21/h4-10H,3H2,1-2H3,(H,19,22). The molecule has 7 heteroatoms. The highest BCUT2D eigenvalue weighted by molar-refractivity contribution is 7.98. The van der Waals surface area contributed by atoms with Crippen molar-refractivity contribution in [3.05, 3.63) is 52.9 Å². The summed E-state index contributed by atoms with van der Waals surface area (Å²) in [5, 5.41) is 4.17. The van der Waals surface area contributed by atoms with Crippen LogP contribution in [-0.2, 0) is 4.79 Å². The van der Waals surface area contributed by atoms with Crippen molar-refractivity contribution in [3.8, 4) is 5.69 Å². The van der Waals surface area contributed by atoms with Gasteiger partial charge in [0, 0.05) is 29.8 Å². The summed E-state index contributed by atoms with van der Waals surface area (Å²) in [4.78, 5) is 32.7. The highest BCUT2D eigenvalue weighted by atomic mass is 32.2. The first kappa shape index (κ1) is 16.2. The van der Waals surface area contributed by atoms with Gasteiger partial charge in [0.1, 0.15) is 0 Å². The lowest BCUT2D eigenvalue weighted by Crippen LogP contribution is -2.19. The molecule has 0 bridgehead atoms. The van der Waals surface area contributed by atoms with E-state index in [4.69, 9.17) is 0 Å². The Balaban J connectivity index is 2.18. The van der Waals surface area contributed by atoms with Crippen molar-refractivity contribution in [2.75, 3.05) is 11.6 Å². The third kappa shape index (κ3) is 3.16. The maximum Gasteiger partial charge on any atom is 0.256 e. The van der Waals surface area contributed by atoms with Gasteiger partial charge in [-0.1, -0.05) is 24.8 Å². The number of nitrogens with zero attached hydrogens (tertiary/aromatic N) is 3. The third-order valence-electron chi connectivity index (χ3n) is 3.50. The Hall–Kier alpha value is -2.67. The van der Waals surface area contributed by atoms with Crippen LogP contribution in [0.1, 0.15) is 13.3 Å². The zero-order valence-corrected chi connectivity index (χ0v) is 14.1. The number of hydrogen-bond acceptors (Lipinski definition) is 5. The number of carbonyl (C=O) groups is 1. The Morgan fingerprint density at radius 2 is 2.12 bits per heavy atom. The summed E-state index contributed by atoms with van der Waals surface area (Å²) in [6.45, 7) is 1.79. The highest BCUT2D eigenvalue weighted by Crippen LogP contribution is 2.19. The second-order valence-corrected chi connectivity index (χ2v) is 5.87. The Bertz CT molecular complexity index is 968. The molecule has 2 aromatic heterocycles. The molecule has 0 aliphatic carbocycles. The van der Waals surface area contributed by atoms with Gasteiger partial charge in [0.05, 0.1) is 5.69 Å². The first-order valence-electron chi connectivity index (χ1n) is 7.45. The number of pyridine rings is 1. The first-order valence-corrected chi connectivity index (χ1v) is 8.68. The van der Waals surface area contributed by atoms with Crippen molar-refractivity contribution in [2.45, 2.75) is 18.5 Å². The molecule has 2 heterocycles. The van der Waals surface area contributed by atoms with Crippen molar-refractivity contribution in [1.82, 2.24) is 14.5 Å². The first-order chi connectivity index (χ1) is 11.6. The zero-order chi connectivity index (χ0) is 17.1. The number of nitrogens with one attached hydrogen (secondary N) is 1. The smallest absolute Gasteiger partial charge is 0.256 e. The van der Waals surface area contributed by atoms with Crippen LogP contribution in [0.5, 0.6) is 0 Å². The second kappa shape index (κ2) is 6.84. The van der Waals surface area contributed by atoms with Gasteiger partial charge in [0.2, 0.25) is 5.91 Å². The maximum atomic E-state index is 12.4. The number of fused-ring (bicyclic) bond motifs is 1. The molecular weight excluding hydrogens is 324 g/mol. The molecule has 0 unspecified atom stereocenters. The van der Waals surface area contributed by atoms with Crippen LogP contribution in [0, 0.1) is 0 Å². The van der Waals surface area contributed by atoms with E-state index >= 15 is 0 Å². The Morgan fingerprint density at radius 1 is 1.29 bits per heavy atom. The van der Waals surface area contributed by atoms with Crippen molar-refractivity contribution in [3.63, 3.8) is 0 Å². The molecule has 0 saturated heterocycles. The average Bonchev–Trinajstić information content (AvgIpc) is 2.61. The van der Waals surface area contributed by atoms with Crippen LogP contribution in [0.3, 0.4) is 0 Å². The minimum Gasteiger partial charge on any atom is -0.326 e. The number of anilines is 1. The zero-order valence-electron chi connectivity index (χ0n) is 13.3. The molecule has 0 fully saturated rings. The molecule has 0 saturated carbocycles. The number of thioether (sulfide) groups is 1. The van der Waals surface area contributed by atoms with Gasteiger partial charge in [0.15, 0.2) is 10.8 Å². The summed E-state index contributed by atoms with van der Waals surface area (Å²) in [6.07, 6.45) is 3.98. The molecule has 0 spiro atoms. The fourth-order valence-electron chi connectivity index (χ4n) is 2.32. The largest absolute Gasteiger partial charge is 0.326 e. The fourth-order valence-corrected chi connectivity index (χ4v) is 2.66. The number of amides is 1. The van der Waals surface area contributed by atoms with Gasteiger partial charge >= 0.3 is 0 Å².